The van der Waals surface area contributed by atoms with Crippen molar-refractivity contribution in [2.24, 2.45) is 0 Å². The van der Waals surface area contributed by atoms with Crippen molar-refractivity contribution in [3.8, 4) is 0 Å². The Hall–Kier alpha value is -3.04. The minimum absolute atomic E-state index is 0.366. The Morgan fingerprint density at radius 3 is 2.65 bits per heavy atom. The van der Waals surface area contributed by atoms with Crippen molar-refractivity contribution < 1.29 is 18.0 Å². The third-order valence-corrected chi connectivity index (χ3v) is 4.30. The predicted molar refractivity (Wildman–Crippen MR) is 86.7 cm³/mol. The van der Waals surface area contributed by atoms with E-state index in [4.69, 9.17) is 5.73 Å². The van der Waals surface area contributed by atoms with Gasteiger partial charge in [-0.1, -0.05) is 6.07 Å². The van der Waals surface area contributed by atoms with Crippen LogP contribution >= 0.6 is 0 Å². The normalized spacial score (nSPS) is 16.8. The van der Waals surface area contributed by atoms with Crippen molar-refractivity contribution in [2.45, 2.75) is 31.5 Å². The van der Waals surface area contributed by atoms with Gasteiger partial charge in [0.05, 0.1) is 11.6 Å². The average molecular weight is 368 g/mol. The molecule has 1 heterocycles. The number of anilines is 1. The number of halogens is 3. The van der Waals surface area contributed by atoms with Crippen molar-refractivity contribution >= 4 is 11.6 Å². The second-order valence-corrected chi connectivity index (χ2v) is 6.03. The molecule has 0 aliphatic heterocycles. The first kappa shape index (κ1) is 17.8. The number of benzene rings is 1. The van der Waals surface area contributed by atoms with Crippen LogP contribution in [0.15, 0.2) is 27.8 Å². The summed E-state index contributed by atoms with van der Waals surface area (Å²) in [4.78, 5) is 39.3. The summed E-state index contributed by atoms with van der Waals surface area (Å²) in [6, 6.07) is 2.74. The fourth-order valence-corrected chi connectivity index (χ4v) is 3.03. The van der Waals surface area contributed by atoms with Crippen LogP contribution in [0.1, 0.15) is 46.1 Å². The number of nitrogen functional groups attached to an aromatic ring is 1. The summed E-state index contributed by atoms with van der Waals surface area (Å²) in [7, 11) is 0. The zero-order valence-electron chi connectivity index (χ0n) is 13.4. The molecule has 1 atom stereocenters. The Bertz CT molecular complexity index is 978. The highest BCUT2D eigenvalue weighted by atomic mass is 19.4. The Morgan fingerprint density at radius 2 is 1.96 bits per heavy atom. The lowest BCUT2D eigenvalue weighted by molar-refractivity contribution is -0.137. The van der Waals surface area contributed by atoms with Crippen molar-refractivity contribution in [1.29, 1.82) is 0 Å². The van der Waals surface area contributed by atoms with Gasteiger partial charge in [0, 0.05) is 0 Å². The maximum absolute atomic E-state index is 13.0. The molecule has 1 amide bonds. The van der Waals surface area contributed by atoms with Gasteiger partial charge >= 0.3 is 11.9 Å². The van der Waals surface area contributed by atoms with Crippen LogP contribution in [0.2, 0.25) is 0 Å². The number of fused-ring (bicyclic) bond motifs is 1. The molecule has 26 heavy (non-hydrogen) atoms. The Morgan fingerprint density at radius 1 is 1.23 bits per heavy atom. The number of aryl methyl sites for hydroxylation is 1. The number of carbonyl (C=O) groups excluding carboxylic acids is 1. The minimum Gasteiger partial charge on any atom is -0.392 e. The predicted octanol–water partition coefficient (Wildman–Crippen LogP) is 1.47. The highest BCUT2D eigenvalue weighted by molar-refractivity contribution is 5.97. The molecule has 0 spiro atoms. The van der Waals surface area contributed by atoms with E-state index < -0.39 is 46.3 Å². The molecule has 5 N–H and O–H groups in total. The monoisotopic (exact) mass is 368 g/mol. The molecule has 1 aliphatic rings. The summed E-state index contributed by atoms with van der Waals surface area (Å²) in [5.41, 5.74) is 3.07. The molecular weight excluding hydrogens is 353 g/mol. The lowest BCUT2D eigenvalue weighted by Gasteiger charge is -2.27. The van der Waals surface area contributed by atoms with Crippen LogP contribution in [-0.2, 0) is 12.6 Å². The first-order valence-electron chi connectivity index (χ1n) is 7.80. The van der Waals surface area contributed by atoms with E-state index in [1.54, 1.807) is 0 Å². The number of H-pyrrole nitrogens is 2. The fraction of sp³-hybridized carbons (Fsp3) is 0.312. The summed E-state index contributed by atoms with van der Waals surface area (Å²) in [5, 5.41) is 2.56. The number of aromatic amines is 2. The number of hydrogen-bond donors (Lipinski definition) is 4. The van der Waals surface area contributed by atoms with E-state index in [1.165, 1.54) is 6.07 Å². The largest absolute Gasteiger partial charge is 0.416 e. The molecule has 0 saturated carbocycles. The first-order valence-corrected chi connectivity index (χ1v) is 7.80. The molecule has 0 saturated heterocycles. The van der Waals surface area contributed by atoms with Crippen molar-refractivity contribution in [2.75, 3.05) is 5.73 Å². The number of alkyl halides is 3. The van der Waals surface area contributed by atoms with Crippen molar-refractivity contribution in [1.82, 2.24) is 15.3 Å². The number of nitrogens with two attached hydrogens (primary N) is 1. The van der Waals surface area contributed by atoms with E-state index in [-0.39, 0.29) is 0 Å². The third-order valence-electron chi connectivity index (χ3n) is 4.30. The number of nitrogens with one attached hydrogen (secondary N) is 3. The summed E-state index contributed by atoms with van der Waals surface area (Å²) in [6.45, 7) is 0. The van der Waals surface area contributed by atoms with Gasteiger partial charge in [0.1, 0.15) is 11.4 Å². The van der Waals surface area contributed by atoms with E-state index in [0.717, 1.165) is 12.1 Å². The van der Waals surface area contributed by atoms with Gasteiger partial charge in [-0.2, -0.15) is 13.2 Å². The highest BCUT2D eigenvalue weighted by Crippen LogP contribution is 2.36. The lowest BCUT2D eigenvalue weighted by atomic mass is 9.86. The lowest BCUT2D eigenvalue weighted by Crippen LogP contribution is -2.36. The molecule has 3 rings (SSSR count). The zero-order chi connectivity index (χ0) is 19.1. The molecule has 1 aliphatic carbocycles. The van der Waals surface area contributed by atoms with Crippen molar-refractivity contribution in [3.05, 3.63) is 61.4 Å². The molecule has 2 aromatic rings. The van der Waals surface area contributed by atoms with Gasteiger partial charge in [-0.05, 0) is 42.5 Å². The maximum atomic E-state index is 13.0. The van der Waals surface area contributed by atoms with Gasteiger partial charge in [-0.25, -0.2) is 4.79 Å². The molecule has 0 unspecified atom stereocenters. The standard InChI is InChI=1S/C16H15F3N4O3/c17-16(18,19)8-5-4-7-2-1-3-10(9(7)6-8)21-14(25)12-11(20)13(24)23-15(26)22-12/h4-6,10H,1-3,20H2,(H,21,25)(H2,22,23,24,26)/t10-/m0/s1. The number of carbonyl (C=O) groups is 1. The molecule has 1 aromatic carbocycles. The SMILES string of the molecule is Nc1c(C(=O)N[C@H]2CCCc3ccc(C(F)(F)F)cc32)[nH]c(=O)[nH]c1=O. The molecular formula is C16H15F3N4O3. The summed E-state index contributed by atoms with van der Waals surface area (Å²) in [5.74, 6) is -0.832. The van der Waals surface area contributed by atoms with Gasteiger partial charge in [0.25, 0.3) is 11.5 Å². The number of rotatable bonds is 2. The van der Waals surface area contributed by atoms with Crippen LogP contribution in [0.25, 0.3) is 0 Å². The summed E-state index contributed by atoms with van der Waals surface area (Å²) in [6.07, 6.45) is -2.80. The molecule has 7 nitrogen and oxygen atoms in total. The number of hydrogen-bond acceptors (Lipinski definition) is 4. The Balaban J connectivity index is 1.94. The van der Waals surface area contributed by atoms with Crippen LogP contribution in [-0.4, -0.2) is 15.9 Å². The molecule has 138 valence electrons. The van der Waals surface area contributed by atoms with E-state index in [9.17, 15) is 27.6 Å². The quantitative estimate of drug-likeness (QED) is 0.641. The van der Waals surface area contributed by atoms with Crippen LogP contribution in [0.5, 0.6) is 0 Å². The topological polar surface area (TPSA) is 121 Å². The number of amides is 1. The Labute approximate surface area is 144 Å². The molecule has 0 bridgehead atoms. The zero-order valence-corrected chi connectivity index (χ0v) is 13.4. The minimum atomic E-state index is -4.50. The van der Waals surface area contributed by atoms with Gasteiger partial charge in [-0.15, -0.1) is 0 Å². The molecule has 10 heteroatoms. The molecule has 0 fully saturated rings. The second-order valence-electron chi connectivity index (χ2n) is 6.03. The third kappa shape index (κ3) is 3.35. The highest BCUT2D eigenvalue weighted by Gasteiger charge is 2.33. The van der Waals surface area contributed by atoms with E-state index in [0.29, 0.717) is 30.4 Å². The van der Waals surface area contributed by atoms with Crippen LogP contribution < -0.4 is 22.3 Å². The van der Waals surface area contributed by atoms with Gasteiger partial charge in [-0.3, -0.25) is 14.6 Å². The molecule has 0 radical (unpaired) electrons. The maximum Gasteiger partial charge on any atom is 0.416 e. The first-order chi connectivity index (χ1) is 12.2. The smallest absolute Gasteiger partial charge is 0.392 e. The van der Waals surface area contributed by atoms with Crippen molar-refractivity contribution in [3.63, 3.8) is 0 Å². The van der Waals surface area contributed by atoms with Gasteiger partial charge in [0.15, 0.2) is 0 Å². The number of aromatic nitrogens is 2. The second kappa shape index (κ2) is 6.36. The molecule has 1 aromatic heterocycles. The summed E-state index contributed by atoms with van der Waals surface area (Å²) < 4.78 is 38.9. The van der Waals surface area contributed by atoms with Crippen LogP contribution in [0, 0.1) is 0 Å². The van der Waals surface area contributed by atoms with Gasteiger partial charge in [0.2, 0.25) is 0 Å². The van der Waals surface area contributed by atoms with E-state index in [2.05, 4.69) is 10.3 Å². The van der Waals surface area contributed by atoms with E-state index in [1.807, 2.05) is 4.98 Å². The fourth-order valence-electron chi connectivity index (χ4n) is 3.03. The average Bonchev–Trinajstić information content (AvgIpc) is 2.57. The summed E-state index contributed by atoms with van der Waals surface area (Å²) >= 11 is 0. The van der Waals surface area contributed by atoms with Crippen LogP contribution in [0.4, 0.5) is 18.9 Å². The van der Waals surface area contributed by atoms with Gasteiger partial charge < -0.3 is 16.0 Å². The Kier molecular flexibility index (Phi) is 4.34. The van der Waals surface area contributed by atoms with E-state index >= 15 is 0 Å². The van der Waals surface area contributed by atoms with Crippen LogP contribution in [0.3, 0.4) is 0 Å².